The number of imidazole rings is 1. The van der Waals surface area contributed by atoms with Crippen molar-refractivity contribution in [2.75, 3.05) is 19.5 Å². The van der Waals surface area contributed by atoms with Gasteiger partial charge in [-0.05, 0) is 42.0 Å². The van der Waals surface area contributed by atoms with Crippen molar-refractivity contribution in [1.29, 1.82) is 0 Å². The lowest BCUT2D eigenvalue weighted by atomic mass is 10.2. The van der Waals surface area contributed by atoms with Crippen LogP contribution in [0.5, 0.6) is 11.5 Å². The molecule has 6 nitrogen and oxygen atoms in total. The van der Waals surface area contributed by atoms with Crippen LogP contribution in [0.15, 0.2) is 78.9 Å². The first-order valence-electron chi connectivity index (χ1n) is 9.91. The molecule has 0 amide bonds. The van der Waals surface area contributed by atoms with Crippen molar-refractivity contribution in [2.45, 2.75) is 19.2 Å². The Labute approximate surface area is 175 Å². The molecule has 0 saturated carbocycles. The maximum Gasteiger partial charge on any atom is 0.356 e. The molecule has 0 aliphatic heterocycles. The van der Waals surface area contributed by atoms with Crippen molar-refractivity contribution in [3.8, 4) is 11.5 Å². The fraction of sp³-hybridized carbons (Fsp3) is 0.208. The number of aliphatic hydroxyl groups excluding tert-OH is 1. The van der Waals surface area contributed by atoms with E-state index in [9.17, 15) is 5.11 Å². The van der Waals surface area contributed by atoms with E-state index in [1.807, 2.05) is 71.3 Å². The number of fused-ring (bicyclic) bond motifs is 1. The van der Waals surface area contributed by atoms with Crippen LogP contribution in [0, 0.1) is 0 Å². The molecule has 0 spiro atoms. The van der Waals surface area contributed by atoms with Gasteiger partial charge in [0.2, 0.25) is 0 Å². The lowest BCUT2D eigenvalue weighted by Crippen LogP contribution is -2.37. The standard InChI is InChI=1S/C24H25N3O3/c1-29-20-11-13-21(14-12-20)30-17-19(28)16-27-23-10-6-5-9-22(23)26(24(27)25)15-18-7-3-2-4-8-18/h2-14,19,25,28H,15-17H2,1H3/p+1/t19-/m1/s1. The second kappa shape index (κ2) is 8.88. The number of nitrogens with two attached hydrogens (primary N) is 1. The van der Waals surface area contributed by atoms with Gasteiger partial charge >= 0.3 is 5.95 Å². The summed E-state index contributed by atoms with van der Waals surface area (Å²) in [6, 6.07) is 25.5. The summed E-state index contributed by atoms with van der Waals surface area (Å²) in [5, 5.41) is 10.6. The fourth-order valence-corrected chi connectivity index (χ4v) is 3.57. The number of hydrogen-bond acceptors (Lipinski definition) is 4. The average Bonchev–Trinajstić information content (AvgIpc) is 3.05. The van der Waals surface area contributed by atoms with E-state index < -0.39 is 6.10 Å². The molecule has 0 unspecified atom stereocenters. The third-order valence-electron chi connectivity index (χ3n) is 5.10. The molecular formula is C24H26N3O3+. The van der Waals surface area contributed by atoms with Gasteiger partial charge in [0, 0.05) is 0 Å². The average molecular weight is 404 g/mol. The van der Waals surface area contributed by atoms with Crippen molar-refractivity contribution in [3.63, 3.8) is 0 Å². The van der Waals surface area contributed by atoms with Gasteiger partial charge in [0.15, 0.2) is 0 Å². The van der Waals surface area contributed by atoms with Crippen molar-refractivity contribution in [1.82, 2.24) is 4.57 Å². The minimum Gasteiger partial charge on any atom is -0.497 e. The molecule has 154 valence electrons. The highest BCUT2D eigenvalue weighted by atomic mass is 16.5. The molecule has 4 aromatic rings. The highest BCUT2D eigenvalue weighted by Crippen LogP contribution is 2.19. The lowest BCUT2D eigenvalue weighted by Gasteiger charge is -2.12. The molecule has 1 atom stereocenters. The maximum atomic E-state index is 10.6. The number of rotatable bonds is 8. The molecule has 0 radical (unpaired) electrons. The predicted molar refractivity (Wildman–Crippen MR) is 117 cm³/mol. The molecule has 6 heteroatoms. The van der Waals surface area contributed by atoms with Crippen LogP contribution < -0.4 is 19.8 Å². The number of nitrogen functional groups attached to an aromatic ring is 1. The zero-order chi connectivity index (χ0) is 20.9. The topological polar surface area (TPSA) is 73.5 Å². The lowest BCUT2D eigenvalue weighted by molar-refractivity contribution is -0.648. The van der Waals surface area contributed by atoms with Gasteiger partial charge in [-0.15, -0.1) is 0 Å². The van der Waals surface area contributed by atoms with E-state index in [1.165, 1.54) is 5.56 Å². The number of nitrogens with zero attached hydrogens (tertiary/aromatic N) is 2. The van der Waals surface area contributed by atoms with Crippen LogP contribution in [0.3, 0.4) is 0 Å². The molecular weight excluding hydrogens is 378 g/mol. The van der Waals surface area contributed by atoms with Crippen LogP contribution in [0.1, 0.15) is 5.56 Å². The van der Waals surface area contributed by atoms with Crippen molar-refractivity contribution < 1.29 is 19.1 Å². The molecule has 0 aliphatic carbocycles. The van der Waals surface area contributed by atoms with Crippen LogP contribution in [0.4, 0.5) is 5.95 Å². The van der Waals surface area contributed by atoms with Crippen LogP contribution in [0.25, 0.3) is 11.0 Å². The second-order valence-electron chi connectivity index (χ2n) is 7.17. The monoisotopic (exact) mass is 404 g/mol. The maximum absolute atomic E-state index is 10.6. The quantitative estimate of drug-likeness (QED) is 0.443. The van der Waals surface area contributed by atoms with E-state index in [2.05, 4.69) is 16.7 Å². The van der Waals surface area contributed by atoms with Crippen molar-refractivity contribution >= 4 is 17.0 Å². The van der Waals surface area contributed by atoms with Gasteiger partial charge in [0.05, 0.1) is 13.7 Å². The number of hydrogen-bond donors (Lipinski definition) is 2. The van der Waals surface area contributed by atoms with Gasteiger partial charge in [0.25, 0.3) is 0 Å². The summed E-state index contributed by atoms with van der Waals surface area (Å²) >= 11 is 0. The van der Waals surface area contributed by atoms with Crippen molar-refractivity contribution in [2.24, 2.45) is 0 Å². The van der Waals surface area contributed by atoms with Gasteiger partial charge in [-0.2, -0.15) is 0 Å². The highest BCUT2D eigenvalue weighted by molar-refractivity contribution is 5.74. The third-order valence-corrected chi connectivity index (χ3v) is 5.10. The smallest absolute Gasteiger partial charge is 0.356 e. The molecule has 1 heterocycles. The summed E-state index contributed by atoms with van der Waals surface area (Å²) in [6.45, 7) is 1.17. The molecule has 0 aliphatic rings. The van der Waals surface area contributed by atoms with Gasteiger partial charge in [-0.25, -0.2) is 9.13 Å². The summed E-state index contributed by atoms with van der Waals surface area (Å²) in [5.74, 6) is 2.04. The van der Waals surface area contributed by atoms with Crippen LogP contribution in [-0.2, 0) is 13.1 Å². The van der Waals surface area contributed by atoms with Crippen LogP contribution in [-0.4, -0.2) is 29.5 Å². The molecule has 3 aromatic carbocycles. The second-order valence-corrected chi connectivity index (χ2v) is 7.17. The summed E-state index contributed by atoms with van der Waals surface area (Å²) in [7, 11) is 1.62. The molecule has 4 rings (SSSR count). The van der Waals surface area contributed by atoms with Crippen LogP contribution in [0.2, 0.25) is 0 Å². The first-order chi connectivity index (χ1) is 14.7. The summed E-state index contributed by atoms with van der Waals surface area (Å²) in [6.07, 6.45) is -0.713. The van der Waals surface area contributed by atoms with E-state index in [0.717, 1.165) is 16.8 Å². The molecule has 3 N–H and O–H groups in total. The predicted octanol–water partition coefficient (Wildman–Crippen LogP) is 3.01. The molecule has 30 heavy (non-hydrogen) atoms. The van der Waals surface area contributed by atoms with Gasteiger partial charge in [0.1, 0.15) is 41.8 Å². The highest BCUT2D eigenvalue weighted by Gasteiger charge is 2.23. The van der Waals surface area contributed by atoms with Gasteiger partial charge < -0.3 is 14.6 Å². The normalized spacial score (nSPS) is 12.1. The summed E-state index contributed by atoms with van der Waals surface area (Å²) in [5.41, 5.74) is 9.69. The number of aromatic nitrogens is 2. The molecule has 1 aromatic heterocycles. The van der Waals surface area contributed by atoms with E-state index in [1.54, 1.807) is 7.11 Å². The minimum absolute atomic E-state index is 0.164. The molecule has 0 bridgehead atoms. The minimum atomic E-state index is -0.713. The number of benzene rings is 3. The zero-order valence-electron chi connectivity index (χ0n) is 16.9. The van der Waals surface area contributed by atoms with Crippen LogP contribution >= 0.6 is 0 Å². The Kier molecular flexibility index (Phi) is 5.86. The number of ether oxygens (including phenoxy) is 2. The van der Waals surface area contributed by atoms with E-state index in [-0.39, 0.29) is 6.61 Å². The van der Waals surface area contributed by atoms with E-state index in [0.29, 0.717) is 24.8 Å². The number of para-hydroxylation sites is 2. The Hall–Kier alpha value is -3.51. The first-order valence-corrected chi connectivity index (χ1v) is 9.91. The number of anilines is 1. The molecule has 0 fully saturated rings. The van der Waals surface area contributed by atoms with E-state index in [4.69, 9.17) is 15.2 Å². The summed E-state index contributed by atoms with van der Waals surface area (Å²) < 4.78 is 14.9. The zero-order valence-corrected chi connectivity index (χ0v) is 16.9. The third kappa shape index (κ3) is 4.23. The van der Waals surface area contributed by atoms with E-state index >= 15 is 0 Å². The first kappa shape index (κ1) is 19.8. The van der Waals surface area contributed by atoms with Crippen molar-refractivity contribution in [3.05, 3.63) is 84.4 Å². The Morgan fingerprint density at radius 2 is 1.60 bits per heavy atom. The van der Waals surface area contributed by atoms with Gasteiger partial charge in [-0.1, -0.05) is 42.5 Å². The Balaban J connectivity index is 1.52. The number of aliphatic hydroxyl groups is 1. The van der Waals surface area contributed by atoms with Gasteiger partial charge in [-0.3, -0.25) is 5.73 Å². The fourth-order valence-electron chi connectivity index (χ4n) is 3.57. The largest absolute Gasteiger partial charge is 0.497 e. The Morgan fingerprint density at radius 1 is 0.933 bits per heavy atom. The Bertz CT molecular complexity index is 1110. The summed E-state index contributed by atoms with van der Waals surface area (Å²) in [4.78, 5) is 0. The molecule has 0 saturated heterocycles. The Morgan fingerprint density at radius 3 is 2.33 bits per heavy atom. The SMILES string of the molecule is COc1ccc(OC[C@H](O)Cn2c(N)[n+](Cc3ccccc3)c3ccccc32)cc1. The number of methoxy groups -OCH3 is 1.